The molecule has 1 rings (SSSR count). The summed E-state index contributed by atoms with van der Waals surface area (Å²) in [5, 5.41) is 24.6. The second-order valence-corrected chi connectivity index (χ2v) is 4.84. The normalized spacial score (nSPS) is 13.9. The fourth-order valence-electron chi connectivity index (χ4n) is 1.51. The number of aliphatic hydroxyl groups excluding tert-OH is 1. The third-order valence-corrected chi connectivity index (χ3v) is 2.38. The van der Waals surface area contributed by atoms with Crippen molar-refractivity contribution in [3.05, 3.63) is 0 Å². The quantitative estimate of drug-likeness (QED) is 0.669. The number of rotatable bonds is 4. The van der Waals surface area contributed by atoms with Gasteiger partial charge in [0.15, 0.2) is 0 Å². The van der Waals surface area contributed by atoms with Gasteiger partial charge in [0.25, 0.3) is 0 Å². The molecule has 0 aromatic rings. The van der Waals surface area contributed by atoms with Crippen LogP contribution in [0, 0.1) is 0 Å². The van der Waals surface area contributed by atoms with Crippen LogP contribution in [-0.2, 0) is 19.2 Å². The van der Waals surface area contributed by atoms with Gasteiger partial charge in [0.05, 0.1) is 6.10 Å². The lowest BCUT2D eigenvalue weighted by Gasteiger charge is -2.14. The van der Waals surface area contributed by atoms with Crippen LogP contribution in [0.5, 0.6) is 0 Å². The third-order valence-electron chi connectivity index (χ3n) is 2.38. The van der Waals surface area contributed by atoms with Gasteiger partial charge in [-0.15, -0.1) is 0 Å². The Morgan fingerprint density at radius 2 is 1.14 bits per heavy atom. The predicted octanol–water partition coefficient (Wildman–Crippen LogP) is 1.41. The summed E-state index contributed by atoms with van der Waals surface area (Å²) in [7, 11) is 0. The van der Waals surface area contributed by atoms with Crippen molar-refractivity contribution < 1.29 is 34.5 Å². The summed E-state index contributed by atoms with van der Waals surface area (Å²) in [5.41, 5.74) is 0. The van der Waals surface area contributed by atoms with Gasteiger partial charge in [0.2, 0.25) is 0 Å². The van der Waals surface area contributed by atoms with Crippen LogP contribution < -0.4 is 0 Å². The first kappa shape index (κ1) is 21.5. The monoisotopic (exact) mass is 304 g/mol. The average molecular weight is 304 g/mol. The topological polar surface area (TPSA) is 129 Å². The highest BCUT2D eigenvalue weighted by atomic mass is 16.4. The summed E-state index contributed by atoms with van der Waals surface area (Å²) in [5.74, 6) is -2.75. The molecule has 122 valence electrons. The maximum atomic E-state index is 9.87. The maximum Gasteiger partial charge on any atom is 0.310 e. The maximum absolute atomic E-state index is 9.87. The van der Waals surface area contributed by atoms with E-state index in [1.54, 1.807) is 0 Å². The molecule has 0 heterocycles. The highest BCUT2D eigenvalue weighted by molar-refractivity contribution is 5.93. The van der Waals surface area contributed by atoms with E-state index >= 15 is 0 Å². The summed E-state index contributed by atoms with van der Waals surface area (Å²) in [4.78, 5) is 38.9. The molecule has 0 aromatic heterocycles. The smallest absolute Gasteiger partial charge is 0.310 e. The number of carboxylic acid groups (broad SMARTS) is 2. The lowest BCUT2D eigenvalue weighted by atomic mass is 9.98. The van der Waals surface area contributed by atoms with Gasteiger partial charge in [-0.25, -0.2) is 0 Å². The van der Waals surface area contributed by atoms with E-state index in [9.17, 15) is 19.2 Å². The molecule has 1 aliphatic carbocycles. The standard InChI is InChI=1S/C6H12O.2C4H6O3/c7-6-4-2-1-3-5-6;2*1-3(5)2-4(6)7/h6-7H,1-5H2;2*2H2,1H3,(H,6,7). The first-order chi connectivity index (χ1) is 9.65. The average Bonchev–Trinajstić information content (AvgIpc) is 2.27. The Labute approximate surface area is 124 Å². The molecule has 1 saturated carbocycles. The lowest BCUT2D eigenvalue weighted by molar-refractivity contribution is -0.141. The van der Waals surface area contributed by atoms with Crippen molar-refractivity contribution in [2.45, 2.75) is 64.9 Å². The molecule has 0 spiro atoms. The largest absolute Gasteiger partial charge is 0.481 e. The Morgan fingerprint density at radius 3 is 1.24 bits per heavy atom. The molecule has 0 amide bonds. The minimum atomic E-state index is -1.06. The molecule has 0 bridgehead atoms. The molecule has 21 heavy (non-hydrogen) atoms. The van der Waals surface area contributed by atoms with Crippen LogP contribution in [0.2, 0.25) is 0 Å². The number of carbonyl (C=O) groups excluding carboxylic acids is 2. The van der Waals surface area contributed by atoms with Crippen molar-refractivity contribution >= 4 is 23.5 Å². The van der Waals surface area contributed by atoms with Gasteiger partial charge in [0, 0.05) is 0 Å². The van der Waals surface area contributed by atoms with Gasteiger partial charge in [-0.1, -0.05) is 19.3 Å². The Kier molecular flexibility index (Phi) is 13.6. The van der Waals surface area contributed by atoms with E-state index in [-0.39, 0.29) is 30.5 Å². The van der Waals surface area contributed by atoms with Gasteiger partial charge in [-0.2, -0.15) is 0 Å². The van der Waals surface area contributed by atoms with Crippen molar-refractivity contribution in [2.24, 2.45) is 0 Å². The number of hydrogen-bond acceptors (Lipinski definition) is 5. The Hall–Kier alpha value is -1.76. The van der Waals surface area contributed by atoms with Crippen LogP contribution in [-0.4, -0.2) is 44.9 Å². The summed E-state index contributed by atoms with van der Waals surface area (Å²) in [6.07, 6.45) is 5.20. The van der Waals surface area contributed by atoms with Crippen LogP contribution in [0.25, 0.3) is 0 Å². The van der Waals surface area contributed by atoms with E-state index in [2.05, 4.69) is 0 Å². The highest BCUT2D eigenvalue weighted by Gasteiger charge is 2.07. The summed E-state index contributed by atoms with van der Waals surface area (Å²) >= 11 is 0. The number of aliphatic hydroxyl groups is 1. The Morgan fingerprint density at radius 1 is 0.810 bits per heavy atom. The molecule has 0 atom stereocenters. The van der Waals surface area contributed by atoms with Gasteiger partial charge in [0.1, 0.15) is 24.4 Å². The number of aliphatic carboxylic acids is 2. The molecule has 0 aromatic carbocycles. The minimum Gasteiger partial charge on any atom is -0.481 e. The van der Waals surface area contributed by atoms with Crippen LogP contribution in [0.1, 0.15) is 58.8 Å². The SMILES string of the molecule is CC(=O)CC(=O)O.CC(=O)CC(=O)O.OC1CCCCC1. The van der Waals surface area contributed by atoms with Crippen LogP contribution in [0.3, 0.4) is 0 Å². The first-order valence-electron chi connectivity index (χ1n) is 6.75. The summed E-state index contributed by atoms with van der Waals surface area (Å²) in [6, 6.07) is 0. The molecule has 1 fully saturated rings. The van der Waals surface area contributed by atoms with Crippen molar-refractivity contribution in [3.63, 3.8) is 0 Å². The molecule has 0 unspecified atom stereocenters. The fraction of sp³-hybridized carbons (Fsp3) is 0.714. The molecule has 0 aliphatic heterocycles. The van der Waals surface area contributed by atoms with Gasteiger partial charge < -0.3 is 15.3 Å². The molecule has 7 nitrogen and oxygen atoms in total. The lowest BCUT2D eigenvalue weighted by Crippen LogP contribution is -2.09. The Balaban J connectivity index is 0. The number of hydrogen-bond donors (Lipinski definition) is 3. The molecule has 1 aliphatic rings. The number of ketones is 2. The van der Waals surface area contributed by atoms with E-state index < -0.39 is 11.9 Å². The highest BCUT2D eigenvalue weighted by Crippen LogP contribution is 2.16. The van der Waals surface area contributed by atoms with Gasteiger partial charge >= 0.3 is 11.9 Å². The summed E-state index contributed by atoms with van der Waals surface area (Å²) in [6.45, 7) is 2.49. The zero-order chi connectivity index (χ0) is 16.8. The van der Waals surface area contributed by atoms with Gasteiger partial charge in [-0.05, 0) is 26.7 Å². The molecular weight excluding hydrogens is 280 g/mol. The number of carbonyl (C=O) groups is 4. The molecular formula is C14H24O7. The molecule has 7 heteroatoms. The Bertz CT molecular complexity index is 293. The third kappa shape index (κ3) is 23.7. The van der Waals surface area contributed by atoms with Crippen LogP contribution in [0.15, 0.2) is 0 Å². The number of carboxylic acids is 2. The van der Waals surface area contributed by atoms with Gasteiger partial charge in [-0.3, -0.25) is 19.2 Å². The van der Waals surface area contributed by atoms with Crippen molar-refractivity contribution in [1.29, 1.82) is 0 Å². The van der Waals surface area contributed by atoms with Crippen molar-refractivity contribution in [2.75, 3.05) is 0 Å². The second-order valence-electron chi connectivity index (χ2n) is 4.84. The number of Topliss-reactive ketones (excluding diaryl/α,β-unsaturated/α-hetero) is 2. The van der Waals surface area contributed by atoms with E-state index in [0.717, 1.165) is 12.8 Å². The molecule has 0 saturated heterocycles. The van der Waals surface area contributed by atoms with E-state index in [1.165, 1.54) is 33.1 Å². The predicted molar refractivity (Wildman–Crippen MR) is 75.0 cm³/mol. The summed E-state index contributed by atoms with van der Waals surface area (Å²) < 4.78 is 0. The van der Waals surface area contributed by atoms with Crippen molar-refractivity contribution in [3.8, 4) is 0 Å². The fourth-order valence-corrected chi connectivity index (χ4v) is 1.51. The van der Waals surface area contributed by atoms with Crippen LogP contribution >= 0.6 is 0 Å². The van der Waals surface area contributed by atoms with E-state index in [0.29, 0.717) is 0 Å². The molecule has 0 radical (unpaired) electrons. The second kappa shape index (κ2) is 13.2. The zero-order valence-electron chi connectivity index (χ0n) is 12.5. The van der Waals surface area contributed by atoms with Crippen LogP contribution in [0.4, 0.5) is 0 Å². The van der Waals surface area contributed by atoms with E-state index in [4.69, 9.17) is 15.3 Å². The molecule has 3 N–H and O–H groups in total. The minimum absolute atomic E-state index is 0.0359. The zero-order valence-corrected chi connectivity index (χ0v) is 12.5. The van der Waals surface area contributed by atoms with E-state index in [1.807, 2.05) is 0 Å². The first-order valence-corrected chi connectivity index (χ1v) is 6.75. The van der Waals surface area contributed by atoms with Crippen molar-refractivity contribution in [1.82, 2.24) is 0 Å².